The summed E-state index contributed by atoms with van der Waals surface area (Å²) in [5.74, 6) is 1.19. The van der Waals surface area contributed by atoms with Crippen molar-refractivity contribution in [2.75, 3.05) is 56.6 Å². The summed E-state index contributed by atoms with van der Waals surface area (Å²) in [5.41, 5.74) is 14.1. The monoisotopic (exact) mass is 772 g/mol. The van der Waals surface area contributed by atoms with Crippen molar-refractivity contribution in [2.24, 2.45) is 5.92 Å². The molecule has 0 saturated carbocycles. The fraction of sp³-hybridized carbons (Fsp3) is 0.419. The molecule has 14 heteroatoms. The number of piperidine rings is 1. The van der Waals surface area contributed by atoms with E-state index in [-0.39, 0.29) is 46.7 Å². The van der Waals surface area contributed by atoms with Gasteiger partial charge < -0.3 is 39.8 Å². The van der Waals surface area contributed by atoms with Crippen LogP contribution in [0.4, 0.5) is 11.8 Å². The zero-order chi connectivity index (χ0) is 39.4. The maximum absolute atomic E-state index is 14.1. The molecule has 0 spiro atoms. The molecule has 2 fully saturated rings. The van der Waals surface area contributed by atoms with Gasteiger partial charge in [-0.2, -0.15) is 4.98 Å². The lowest BCUT2D eigenvalue weighted by Crippen LogP contribution is -2.45. The number of aromatic nitrogens is 3. The summed E-state index contributed by atoms with van der Waals surface area (Å²) in [4.78, 5) is 50.4. The van der Waals surface area contributed by atoms with Gasteiger partial charge in [-0.25, -0.2) is 9.97 Å². The van der Waals surface area contributed by atoms with Crippen LogP contribution < -0.4 is 10.6 Å². The molecule has 4 N–H and O–H groups in total. The molecule has 2 saturated heterocycles. The quantitative estimate of drug-likeness (QED) is 0.198. The average Bonchev–Trinajstić information content (AvgIpc) is 3.82. The molecule has 0 bridgehead atoms. The molecule has 4 aliphatic rings. The Morgan fingerprint density at radius 3 is 2.44 bits per heavy atom. The van der Waals surface area contributed by atoms with Crippen molar-refractivity contribution in [3.05, 3.63) is 87.6 Å². The second-order valence-corrected chi connectivity index (χ2v) is 16.0. The summed E-state index contributed by atoms with van der Waals surface area (Å²) in [5, 5.41) is 20.8. The van der Waals surface area contributed by atoms with E-state index < -0.39 is 0 Å². The highest BCUT2D eigenvalue weighted by molar-refractivity contribution is 5.97. The molecule has 4 aliphatic heterocycles. The van der Waals surface area contributed by atoms with Crippen LogP contribution in [0.15, 0.2) is 52.9 Å². The molecule has 0 radical (unpaired) electrons. The van der Waals surface area contributed by atoms with Gasteiger partial charge in [-0.1, -0.05) is 32.0 Å². The molecule has 296 valence electrons. The van der Waals surface area contributed by atoms with Gasteiger partial charge in [-0.05, 0) is 84.8 Å². The highest BCUT2D eigenvalue weighted by Crippen LogP contribution is 2.36. The van der Waals surface area contributed by atoms with Crippen LogP contribution in [0.1, 0.15) is 76.5 Å². The van der Waals surface area contributed by atoms with Crippen molar-refractivity contribution in [2.45, 2.75) is 65.2 Å². The van der Waals surface area contributed by atoms with E-state index in [1.54, 1.807) is 11.0 Å². The number of amides is 2. The SMILES string of the molecule is CC(C)c1cc(C(=O)N2Cc3ccc(CN4CCC(C(=O)N5CCc6c(nc(-c7ccc8oc(N)nc8c7)nc6N6CCOCC6)C5)CC4)cc3C2)c(O)cc1O. The van der Waals surface area contributed by atoms with Gasteiger partial charge in [0.05, 0.1) is 31.0 Å². The smallest absolute Gasteiger partial charge is 0.292 e. The molecule has 0 unspecified atom stereocenters. The Kier molecular flexibility index (Phi) is 9.69. The number of likely N-dealkylation sites (tertiary alicyclic amines) is 1. The number of carbonyl (C=O) groups is 2. The fourth-order valence-corrected chi connectivity index (χ4v) is 8.79. The number of hydrogen-bond acceptors (Lipinski definition) is 12. The van der Waals surface area contributed by atoms with Crippen LogP contribution in [0.25, 0.3) is 22.5 Å². The van der Waals surface area contributed by atoms with Gasteiger partial charge in [-0.15, -0.1) is 0 Å². The third kappa shape index (κ3) is 7.23. The molecule has 2 amide bonds. The van der Waals surface area contributed by atoms with Crippen molar-refractivity contribution in [3.63, 3.8) is 0 Å². The topological polar surface area (TPSA) is 175 Å². The summed E-state index contributed by atoms with van der Waals surface area (Å²) < 4.78 is 11.1. The van der Waals surface area contributed by atoms with E-state index >= 15 is 0 Å². The Morgan fingerprint density at radius 2 is 1.65 bits per heavy atom. The number of aromatic hydroxyl groups is 2. The minimum atomic E-state index is -0.252. The van der Waals surface area contributed by atoms with E-state index in [9.17, 15) is 19.8 Å². The molecule has 57 heavy (non-hydrogen) atoms. The van der Waals surface area contributed by atoms with Crippen LogP contribution in [-0.2, 0) is 42.1 Å². The van der Waals surface area contributed by atoms with Crippen LogP contribution in [0.3, 0.4) is 0 Å². The Balaban J connectivity index is 0.842. The van der Waals surface area contributed by atoms with Crippen LogP contribution in [0, 0.1) is 5.92 Å². The minimum absolute atomic E-state index is 0.00696. The number of fused-ring (bicyclic) bond motifs is 3. The van der Waals surface area contributed by atoms with Gasteiger partial charge in [0.1, 0.15) is 22.8 Å². The Morgan fingerprint density at radius 1 is 0.860 bits per heavy atom. The molecular formula is C43H48N8O6. The van der Waals surface area contributed by atoms with Crippen LogP contribution >= 0.6 is 0 Å². The number of carbonyl (C=O) groups excluding carboxylic acids is 2. The number of morpholine rings is 1. The van der Waals surface area contributed by atoms with E-state index in [1.807, 2.05) is 36.9 Å². The molecule has 3 aromatic carbocycles. The zero-order valence-electron chi connectivity index (χ0n) is 32.4. The van der Waals surface area contributed by atoms with Crippen LogP contribution in [-0.4, -0.2) is 97.6 Å². The number of hydrogen-bond donors (Lipinski definition) is 3. The molecule has 14 nitrogen and oxygen atoms in total. The Bertz CT molecular complexity index is 2360. The van der Waals surface area contributed by atoms with Gasteiger partial charge in [0.2, 0.25) is 5.91 Å². The first-order valence-electron chi connectivity index (χ1n) is 19.9. The van der Waals surface area contributed by atoms with Crippen molar-refractivity contribution in [1.82, 2.24) is 29.7 Å². The maximum Gasteiger partial charge on any atom is 0.292 e. The number of phenols is 2. The number of oxazole rings is 1. The Labute approximate surface area is 330 Å². The van der Waals surface area contributed by atoms with E-state index in [0.29, 0.717) is 68.3 Å². The predicted molar refractivity (Wildman–Crippen MR) is 213 cm³/mol. The molecule has 0 aliphatic carbocycles. The third-order valence-corrected chi connectivity index (χ3v) is 11.9. The molecule has 5 aromatic rings. The standard InChI is InChI=1S/C43H48N8O6/c1-25(2)32-19-33(37(53)20-36(32)52)42(55)51-22-29-4-3-26(17-30(29)23-51)21-48-10-7-27(8-11-48)41(54)50-12-9-31-35(24-50)45-39(47-40(31)49-13-15-56-16-14-49)28-5-6-38-34(18-28)46-43(44)57-38/h3-6,17-20,25,27,52-53H,7-16,21-24H2,1-2H3,(H2,44,46). The number of phenolic OH excluding ortho intramolecular Hbond substituents is 2. The van der Waals surface area contributed by atoms with Crippen molar-refractivity contribution in [3.8, 4) is 22.9 Å². The predicted octanol–water partition coefficient (Wildman–Crippen LogP) is 5.19. The van der Waals surface area contributed by atoms with Gasteiger partial charge in [-0.3, -0.25) is 14.5 Å². The summed E-state index contributed by atoms with van der Waals surface area (Å²) >= 11 is 0. The Hall–Kier alpha value is -5.73. The highest BCUT2D eigenvalue weighted by Gasteiger charge is 2.34. The number of rotatable bonds is 7. The van der Waals surface area contributed by atoms with Crippen LogP contribution in [0.5, 0.6) is 11.5 Å². The first-order valence-corrected chi connectivity index (χ1v) is 19.9. The number of nitrogen functional groups attached to an aromatic ring is 1. The average molecular weight is 773 g/mol. The first kappa shape index (κ1) is 36.9. The van der Waals surface area contributed by atoms with E-state index in [1.165, 1.54) is 11.6 Å². The van der Waals surface area contributed by atoms with Gasteiger partial charge in [0.25, 0.3) is 11.9 Å². The molecule has 0 atom stereocenters. The highest BCUT2D eigenvalue weighted by atomic mass is 16.5. The third-order valence-electron chi connectivity index (χ3n) is 11.9. The molecule has 9 rings (SSSR count). The van der Waals surface area contributed by atoms with E-state index in [2.05, 4.69) is 33.0 Å². The molecule has 6 heterocycles. The fourth-order valence-electron chi connectivity index (χ4n) is 8.79. The molecular weight excluding hydrogens is 725 g/mol. The lowest BCUT2D eigenvalue weighted by Gasteiger charge is -2.37. The van der Waals surface area contributed by atoms with Crippen molar-refractivity contribution < 1.29 is 29.0 Å². The van der Waals surface area contributed by atoms with Gasteiger partial charge in [0.15, 0.2) is 11.4 Å². The summed E-state index contributed by atoms with van der Waals surface area (Å²) in [7, 11) is 0. The lowest BCUT2D eigenvalue weighted by atomic mass is 9.93. The lowest BCUT2D eigenvalue weighted by molar-refractivity contribution is -0.138. The largest absolute Gasteiger partial charge is 0.508 e. The number of ether oxygens (including phenoxy) is 1. The van der Waals surface area contributed by atoms with E-state index in [4.69, 9.17) is 24.9 Å². The number of nitrogens with zero attached hydrogens (tertiary/aromatic N) is 7. The van der Waals surface area contributed by atoms with Gasteiger partial charge in [0, 0.05) is 62.4 Å². The summed E-state index contributed by atoms with van der Waals surface area (Å²) in [6.45, 7) is 11.1. The van der Waals surface area contributed by atoms with Crippen molar-refractivity contribution >= 4 is 34.7 Å². The zero-order valence-corrected chi connectivity index (χ0v) is 32.4. The second-order valence-electron chi connectivity index (χ2n) is 16.0. The first-order chi connectivity index (χ1) is 27.6. The van der Waals surface area contributed by atoms with E-state index in [0.717, 1.165) is 79.3 Å². The van der Waals surface area contributed by atoms with Crippen LogP contribution in [0.2, 0.25) is 0 Å². The van der Waals surface area contributed by atoms with Gasteiger partial charge >= 0.3 is 0 Å². The molecule has 2 aromatic heterocycles. The minimum Gasteiger partial charge on any atom is -0.508 e. The number of nitrogens with two attached hydrogens (primary N) is 1. The number of benzene rings is 3. The van der Waals surface area contributed by atoms with Crippen molar-refractivity contribution in [1.29, 1.82) is 0 Å². The second kappa shape index (κ2) is 15.0. The summed E-state index contributed by atoms with van der Waals surface area (Å²) in [6.07, 6.45) is 2.28. The number of anilines is 2. The maximum atomic E-state index is 14.1. The summed E-state index contributed by atoms with van der Waals surface area (Å²) in [6, 6.07) is 15.0. The normalized spacial score (nSPS) is 17.7.